The lowest BCUT2D eigenvalue weighted by molar-refractivity contribution is -0.147. The molecule has 1 heterocycles. The van der Waals surface area contributed by atoms with Crippen molar-refractivity contribution in [3.8, 4) is 5.75 Å². The highest BCUT2D eigenvalue weighted by molar-refractivity contribution is 6.22. The van der Waals surface area contributed by atoms with E-state index in [2.05, 4.69) is 4.90 Å². The van der Waals surface area contributed by atoms with Crippen LogP contribution in [0.15, 0.2) is 29.0 Å². The number of phenols is 1. The lowest BCUT2D eigenvalue weighted by Gasteiger charge is -2.46. The van der Waals surface area contributed by atoms with E-state index in [9.17, 15) is 39.6 Å². The molecule has 190 valence electrons. The van der Waals surface area contributed by atoms with Gasteiger partial charge in [0.05, 0.1) is 12.1 Å². The minimum Gasteiger partial charge on any atom is -0.508 e. The van der Waals surface area contributed by atoms with Crippen molar-refractivity contribution in [3.63, 3.8) is 0 Å². The van der Waals surface area contributed by atoms with Crippen LogP contribution in [0.4, 0.5) is 0 Å². The Balaban J connectivity index is 1.59. The zero-order valence-corrected chi connectivity index (χ0v) is 19.6. The second-order valence-corrected chi connectivity index (χ2v) is 10.2. The summed E-state index contributed by atoms with van der Waals surface area (Å²) in [6, 6.07) is 2.80. The molecule has 3 atom stereocenters. The third kappa shape index (κ3) is 3.47. The number of amides is 1. The molecular formula is C26H28N2O8. The van der Waals surface area contributed by atoms with Gasteiger partial charge in [-0.05, 0) is 62.4 Å². The van der Waals surface area contributed by atoms with Gasteiger partial charge in [0.1, 0.15) is 22.8 Å². The van der Waals surface area contributed by atoms with Crippen LogP contribution in [0.5, 0.6) is 5.75 Å². The van der Waals surface area contributed by atoms with Crippen LogP contribution in [0.3, 0.4) is 0 Å². The standard InChI is InChI=1S/C26H28N2O8/c27-25(35)21-17(30)10-13-8-12-9-15-14(18(31)11-28-6-2-1-3-7-28)4-5-16(29)20(15)22(32)19(12)23(33)26(13,36)24(21)34/h4-5,12-13,29,32,34,36H,1-3,6-11H2,(H2,27,35)/t12-,13+,26+/m1/s1. The Bertz CT molecular complexity index is 1270. The Labute approximate surface area is 206 Å². The molecule has 1 aliphatic heterocycles. The van der Waals surface area contributed by atoms with Gasteiger partial charge >= 0.3 is 0 Å². The molecule has 0 unspecified atom stereocenters. The molecule has 2 fully saturated rings. The molecule has 1 aromatic rings. The molecule has 1 saturated heterocycles. The third-order valence-corrected chi connectivity index (χ3v) is 8.06. The summed E-state index contributed by atoms with van der Waals surface area (Å²) in [6.45, 7) is 1.83. The number of benzene rings is 1. The molecule has 3 aliphatic carbocycles. The molecule has 1 amide bonds. The van der Waals surface area contributed by atoms with Gasteiger partial charge in [-0.1, -0.05) is 6.42 Å². The quantitative estimate of drug-likeness (QED) is 0.301. The van der Waals surface area contributed by atoms with Crippen LogP contribution >= 0.6 is 0 Å². The van der Waals surface area contributed by atoms with E-state index in [0.717, 1.165) is 32.4 Å². The number of fused-ring (bicyclic) bond motifs is 3. The molecule has 10 heteroatoms. The minimum absolute atomic E-state index is 0.0261. The Hall–Kier alpha value is -3.50. The van der Waals surface area contributed by atoms with Crippen molar-refractivity contribution in [2.45, 2.75) is 44.1 Å². The second-order valence-electron chi connectivity index (χ2n) is 10.2. The van der Waals surface area contributed by atoms with Crippen LogP contribution in [0.25, 0.3) is 5.76 Å². The number of rotatable bonds is 4. The predicted molar refractivity (Wildman–Crippen MR) is 126 cm³/mol. The SMILES string of the molecule is NC(=O)C1=C(O)[C@@]2(O)C(=O)C3=C(O)c4c(O)ccc(C(=O)CN5CCCCC5)c4C[C@H]3C[C@H]2CC1=O. The summed E-state index contributed by atoms with van der Waals surface area (Å²) in [7, 11) is 0. The second kappa shape index (κ2) is 8.56. The van der Waals surface area contributed by atoms with E-state index < -0.39 is 52.0 Å². The fourth-order valence-corrected chi connectivity index (χ4v) is 6.29. The van der Waals surface area contributed by atoms with Crippen molar-refractivity contribution in [1.82, 2.24) is 4.90 Å². The van der Waals surface area contributed by atoms with Crippen molar-refractivity contribution < 1.29 is 39.6 Å². The van der Waals surface area contributed by atoms with Gasteiger partial charge in [-0.2, -0.15) is 0 Å². The first-order valence-corrected chi connectivity index (χ1v) is 12.1. The Morgan fingerprint density at radius 1 is 1.06 bits per heavy atom. The van der Waals surface area contributed by atoms with Crippen LogP contribution in [0.1, 0.15) is 53.6 Å². The van der Waals surface area contributed by atoms with Crippen LogP contribution in [-0.4, -0.2) is 73.8 Å². The Morgan fingerprint density at radius 2 is 1.75 bits per heavy atom. The fourth-order valence-electron chi connectivity index (χ4n) is 6.29. The van der Waals surface area contributed by atoms with E-state index in [0.29, 0.717) is 11.1 Å². The van der Waals surface area contributed by atoms with Crippen molar-refractivity contribution in [2.24, 2.45) is 17.6 Å². The van der Waals surface area contributed by atoms with Crippen molar-refractivity contribution >= 4 is 29.0 Å². The summed E-state index contributed by atoms with van der Waals surface area (Å²) in [5, 5.41) is 43.6. The number of Topliss-reactive ketones (excluding diaryl/α,β-unsaturated/α-hetero) is 3. The summed E-state index contributed by atoms with van der Waals surface area (Å²) in [6.07, 6.45) is 2.91. The van der Waals surface area contributed by atoms with Gasteiger partial charge in [-0.25, -0.2) is 0 Å². The molecule has 5 rings (SSSR count). The zero-order chi connectivity index (χ0) is 25.9. The summed E-state index contributed by atoms with van der Waals surface area (Å²) in [5.41, 5.74) is 2.22. The lowest BCUT2D eigenvalue weighted by Crippen LogP contribution is -2.58. The lowest BCUT2D eigenvalue weighted by atomic mass is 9.59. The van der Waals surface area contributed by atoms with Gasteiger partial charge in [-0.15, -0.1) is 0 Å². The maximum absolute atomic E-state index is 13.5. The number of piperidine rings is 1. The summed E-state index contributed by atoms with van der Waals surface area (Å²) < 4.78 is 0. The van der Waals surface area contributed by atoms with Crippen molar-refractivity contribution in [3.05, 3.63) is 45.7 Å². The summed E-state index contributed by atoms with van der Waals surface area (Å²) >= 11 is 0. The highest BCUT2D eigenvalue weighted by atomic mass is 16.3. The first kappa shape index (κ1) is 24.2. The number of carbonyl (C=O) groups is 4. The highest BCUT2D eigenvalue weighted by Gasteiger charge is 2.60. The maximum Gasteiger partial charge on any atom is 0.255 e. The average molecular weight is 497 g/mol. The number of ketones is 3. The number of nitrogens with zero attached hydrogens (tertiary/aromatic N) is 1. The number of aliphatic hydroxyl groups excluding tert-OH is 2. The number of aromatic hydroxyl groups is 1. The van der Waals surface area contributed by atoms with Gasteiger partial charge < -0.3 is 26.2 Å². The van der Waals surface area contributed by atoms with Crippen LogP contribution in [0.2, 0.25) is 0 Å². The van der Waals surface area contributed by atoms with E-state index in [1.807, 2.05) is 0 Å². The normalized spacial score (nSPS) is 28.5. The fraction of sp³-hybridized carbons (Fsp3) is 0.462. The number of phenolic OH excluding ortho intramolecular Hbond substituents is 1. The zero-order valence-electron chi connectivity index (χ0n) is 19.6. The van der Waals surface area contributed by atoms with E-state index in [-0.39, 0.29) is 48.5 Å². The number of hydrogen-bond donors (Lipinski definition) is 5. The van der Waals surface area contributed by atoms with Crippen LogP contribution < -0.4 is 5.73 Å². The molecule has 6 N–H and O–H groups in total. The number of carbonyl (C=O) groups excluding carboxylic acids is 4. The topological polar surface area (TPSA) is 178 Å². The number of nitrogens with two attached hydrogens (primary N) is 1. The van der Waals surface area contributed by atoms with Gasteiger partial charge in [0.2, 0.25) is 5.78 Å². The Kier molecular flexibility index (Phi) is 5.76. The van der Waals surface area contributed by atoms with Gasteiger partial charge in [0, 0.05) is 23.5 Å². The van der Waals surface area contributed by atoms with Crippen molar-refractivity contribution in [1.29, 1.82) is 0 Å². The molecule has 36 heavy (non-hydrogen) atoms. The summed E-state index contributed by atoms with van der Waals surface area (Å²) in [4.78, 5) is 53.0. The first-order chi connectivity index (χ1) is 17.1. The van der Waals surface area contributed by atoms with E-state index in [4.69, 9.17) is 5.73 Å². The number of likely N-dealkylation sites (tertiary alicyclic amines) is 1. The number of aliphatic hydroxyl groups is 3. The Morgan fingerprint density at radius 3 is 2.42 bits per heavy atom. The van der Waals surface area contributed by atoms with E-state index >= 15 is 0 Å². The molecule has 1 aromatic carbocycles. The average Bonchev–Trinajstić information content (AvgIpc) is 2.82. The molecule has 0 radical (unpaired) electrons. The van der Waals surface area contributed by atoms with Crippen LogP contribution in [0, 0.1) is 11.8 Å². The third-order valence-electron chi connectivity index (χ3n) is 8.06. The predicted octanol–water partition coefficient (Wildman–Crippen LogP) is 1.09. The maximum atomic E-state index is 13.5. The molecule has 10 nitrogen and oxygen atoms in total. The molecule has 0 aromatic heterocycles. The van der Waals surface area contributed by atoms with E-state index in [1.54, 1.807) is 0 Å². The monoisotopic (exact) mass is 496 g/mol. The highest BCUT2D eigenvalue weighted by Crippen LogP contribution is 2.52. The van der Waals surface area contributed by atoms with Crippen LogP contribution in [-0.2, 0) is 20.8 Å². The number of hydrogen-bond acceptors (Lipinski definition) is 9. The van der Waals surface area contributed by atoms with Gasteiger partial charge in [-0.3, -0.25) is 24.1 Å². The van der Waals surface area contributed by atoms with E-state index in [1.165, 1.54) is 12.1 Å². The molecule has 0 bridgehead atoms. The summed E-state index contributed by atoms with van der Waals surface area (Å²) in [5.74, 6) is -7.01. The molecule has 1 saturated carbocycles. The molecule has 0 spiro atoms. The first-order valence-electron chi connectivity index (χ1n) is 12.1. The molecule has 4 aliphatic rings. The minimum atomic E-state index is -2.60. The number of primary amides is 1. The molecular weight excluding hydrogens is 468 g/mol. The smallest absolute Gasteiger partial charge is 0.255 e. The van der Waals surface area contributed by atoms with Crippen molar-refractivity contribution in [2.75, 3.05) is 19.6 Å². The largest absolute Gasteiger partial charge is 0.508 e. The van der Waals surface area contributed by atoms with Gasteiger partial charge in [0.15, 0.2) is 17.2 Å². The van der Waals surface area contributed by atoms with Gasteiger partial charge in [0.25, 0.3) is 5.91 Å².